The molecule has 8 nitrogen and oxygen atoms in total. The predicted molar refractivity (Wildman–Crippen MR) is 126 cm³/mol. The van der Waals surface area contributed by atoms with E-state index in [1.165, 1.54) is 0 Å². The van der Waals surface area contributed by atoms with Crippen LogP contribution in [0, 0.1) is 11.8 Å². The maximum absolute atomic E-state index is 10.5. The van der Waals surface area contributed by atoms with E-state index in [1.54, 1.807) is 0 Å². The van der Waals surface area contributed by atoms with Gasteiger partial charge in [-0.05, 0) is 12.1 Å². The molecule has 4 aliphatic rings. The largest absolute Gasteiger partial charge is 0.488 e. The highest BCUT2D eigenvalue weighted by atomic mass is 16.5. The summed E-state index contributed by atoms with van der Waals surface area (Å²) < 4.78 is 13.9. The summed E-state index contributed by atoms with van der Waals surface area (Å²) in [6, 6.07) is 8.06. The van der Waals surface area contributed by atoms with E-state index in [4.69, 9.17) is 9.47 Å². The van der Waals surface area contributed by atoms with Crippen molar-refractivity contribution in [3.05, 3.63) is 24.3 Å². The zero-order valence-corrected chi connectivity index (χ0v) is 20.2. The van der Waals surface area contributed by atoms with Crippen LogP contribution in [-0.2, 0) is 0 Å². The van der Waals surface area contributed by atoms with Crippen molar-refractivity contribution in [2.45, 2.75) is 50.0 Å². The van der Waals surface area contributed by atoms with Crippen LogP contribution in [-0.4, -0.2) is 119 Å². The lowest BCUT2D eigenvalue weighted by Gasteiger charge is -2.36. The van der Waals surface area contributed by atoms with E-state index in [1.807, 2.05) is 24.3 Å². The van der Waals surface area contributed by atoms with Crippen LogP contribution < -0.4 is 9.47 Å². The Kier molecular flexibility index (Phi) is 7.08. The molecule has 1 aromatic rings. The molecule has 0 saturated carbocycles. The molecule has 0 unspecified atom stereocenters. The quantitative estimate of drug-likeness (QED) is 0.363. The number of hydrogen-bond acceptors (Lipinski definition) is 6. The summed E-state index contributed by atoms with van der Waals surface area (Å²) in [7, 11) is 0. The molecule has 4 aliphatic heterocycles. The Hall–Kier alpha value is -1.42. The third kappa shape index (κ3) is 4.33. The number of benzene rings is 1. The Morgan fingerprint density at radius 2 is 1.15 bits per heavy atom. The van der Waals surface area contributed by atoms with Crippen LogP contribution in [0.4, 0.5) is 0 Å². The number of quaternary nitrogens is 2. The van der Waals surface area contributed by atoms with E-state index < -0.39 is 0 Å². The fourth-order valence-corrected chi connectivity index (χ4v) is 7.87. The van der Waals surface area contributed by atoms with Crippen LogP contribution in [0.5, 0.6) is 11.5 Å². The van der Waals surface area contributed by atoms with Gasteiger partial charge in [-0.25, -0.2) is 0 Å². The third-order valence-corrected chi connectivity index (χ3v) is 9.54. The van der Waals surface area contributed by atoms with E-state index in [-0.39, 0.29) is 49.3 Å². The first-order chi connectivity index (χ1) is 16.5. The highest BCUT2D eigenvalue weighted by Gasteiger charge is 2.56. The number of aliphatic hydroxyl groups excluding tert-OH is 4. The Balaban J connectivity index is 1.13. The van der Waals surface area contributed by atoms with E-state index in [0.717, 1.165) is 85.4 Å². The van der Waals surface area contributed by atoms with Crippen LogP contribution in [0.1, 0.15) is 25.7 Å². The first-order valence-electron chi connectivity index (χ1n) is 13.2. The molecular formula is C26H42N2O6+2. The van der Waals surface area contributed by atoms with Crippen LogP contribution in [0.3, 0.4) is 0 Å². The molecule has 8 atom stereocenters. The molecule has 8 heteroatoms. The van der Waals surface area contributed by atoms with Gasteiger partial charge in [0.1, 0.15) is 62.1 Å². The molecule has 0 radical (unpaired) electrons. The Labute approximate surface area is 202 Å². The predicted octanol–water partition coefficient (Wildman–Crippen LogP) is 0.369. The lowest BCUT2D eigenvalue weighted by atomic mass is 9.97. The fraction of sp³-hybridized carbons (Fsp3) is 0.769. The van der Waals surface area contributed by atoms with Crippen molar-refractivity contribution < 1.29 is 38.9 Å². The summed E-state index contributed by atoms with van der Waals surface area (Å²) in [4.78, 5) is 0. The molecule has 0 aromatic heterocycles. The third-order valence-electron chi connectivity index (χ3n) is 9.54. The first-order valence-corrected chi connectivity index (χ1v) is 13.2. The van der Waals surface area contributed by atoms with Gasteiger partial charge in [0.15, 0.2) is 0 Å². The summed E-state index contributed by atoms with van der Waals surface area (Å²) in [6.45, 7) is 7.09. The molecule has 0 aliphatic carbocycles. The van der Waals surface area contributed by atoms with Gasteiger partial charge in [0.25, 0.3) is 0 Å². The highest BCUT2D eigenvalue weighted by molar-refractivity contribution is 5.32. The van der Waals surface area contributed by atoms with E-state index >= 15 is 0 Å². The standard InChI is InChI=1S/C26H42N2O6/c29-17-19-4-8-27(10-6-23(31)25(19)27)12-14-33-21-2-1-3-22(16-21)34-15-13-28-9-5-20(18-30)26(28)24(32)7-11-28/h1-3,16,19-20,23-26,29-32H,4-15,17-18H2/q+2/t19-,20-,23-,24+,25-,26-,27-,28+/m0/s1. The van der Waals surface area contributed by atoms with Gasteiger partial charge in [0, 0.05) is 43.6 Å². The molecule has 0 amide bonds. The highest BCUT2D eigenvalue weighted by Crippen LogP contribution is 2.41. The minimum Gasteiger partial charge on any atom is -0.488 e. The maximum Gasteiger partial charge on any atom is 0.137 e. The summed E-state index contributed by atoms with van der Waals surface area (Å²) in [6.07, 6.45) is 2.92. The Morgan fingerprint density at radius 1 is 0.706 bits per heavy atom. The SMILES string of the molecule is OC[C@@H]1CC[N@+]2(CCOc3cccc(OCC[N@@+]45CC[C@@H](CO)[C@H]4[C@@H](O)CC5)c3)CC[C@@H](O)[C@H]12. The second-order valence-corrected chi connectivity index (χ2v) is 11.1. The average molecular weight is 479 g/mol. The van der Waals surface area contributed by atoms with Gasteiger partial charge in [0.2, 0.25) is 0 Å². The van der Waals surface area contributed by atoms with Crippen LogP contribution in [0.15, 0.2) is 24.3 Å². The van der Waals surface area contributed by atoms with Crippen LogP contribution >= 0.6 is 0 Å². The molecular weight excluding hydrogens is 436 g/mol. The Bertz CT molecular complexity index is 778. The minimum atomic E-state index is -0.317. The van der Waals surface area contributed by atoms with Gasteiger partial charge >= 0.3 is 0 Å². The second kappa shape index (κ2) is 9.91. The van der Waals surface area contributed by atoms with Crippen molar-refractivity contribution >= 4 is 0 Å². The van der Waals surface area contributed by atoms with Crippen molar-refractivity contribution in [2.24, 2.45) is 11.8 Å². The summed E-state index contributed by atoms with van der Waals surface area (Å²) in [5, 5.41) is 40.4. The van der Waals surface area contributed by atoms with Gasteiger partial charge in [-0.15, -0.1) is 0 Å². The lowest BCUT2D eigenvalue weighted by molar-refractivity contribution is -0.930. The van der Waals surface area contributed by atoms with Crippen molar-refractivity contribution in [3.8, 4) is 11.5 Å². The Morgan fingerprint density at radius 3 is 1.59 bits per heavy atom. The summed E-state index contributed by atoms with van der Waals surface area (Å²) in [5.41, 5.74) is 0. The van der Waals surface area contributed by atoms with Gasteiger partial charge < -0.3 is 38.9 Å². The number of ether oxygens (including phenoxy) is 2. The average Bonchev–Trinajstić information content (AvgIpc) is 3.56. The number of aliphatic hydroxyl groups is 4. The molecule has 4 N–H and O–H groups in total. The van der Waals surface area contributed by atoms with Crippen molar-refractivity contribution in [1.82, 2.24) is 0 Å². The molecule has 4 heterocycles. The second-order valence-electron chi connectivity index (χ2n) is 11.1. The minimum absolute atomic E-state index is 0.139. The van der Waals surface area contributed by atoms with Crippen LogP contribution in [0.25, 0.3) is 0 Å². The lowest BCUT2D eigenvalue weighted by Crippen LogP contribution is -2.53. The normalized spacial score (nSPS) is 40.9. The number of rotatable bonds is 10. The molecule has 5 rings (SSSR count). The van der Waals surface area contributed by atoms with E-state index in [2.05, 4.69) is 0 Å². The number of fused-ring (bicyclic) bond motifs is 2. The van der Waals surface area contributed by atoms with Crippen molar-refractivity contribution in [2.75, 3.05) is 65.7 Å². The van der Waals surface area contributed by atoms with E-state index in [9.17, 15) is 20.4 Å². The van der Waals surface area contributed by atoms with Gasteiger partial charge in [-0.1, -0.05) is 6.07 Å². The molecule has 0 bridgehead atoms. The van der Waals surface area contributed by atoms with Crippen molar-refractivity contribution in [3.63, 3.8) is 0 Å². The summed E-state index contributed by atoms with van der Waals surface area (Å²) >= 11 is 0. The van der Waals surface area contributed by atoms with Gasteiger partial charge in [0.05, 0.1) is 39.4 Å². The van der Waals surface area contributed by atoms with Gasteiger partial charge in [-0.3, -0.25) is 0 Å². The molecule has 4 saturated heterocycles. The number of nitrogens with zero attached hydrogens (tertiary/aromatic N) is 2. The number of hydrogen-bond donors (Lipinski definition) is 4. The molecule has 34 heavy (non-hydrogen) atoms. The zero-order valence-electron chi connectivity index (χ0n) is 20.2. The fourth-order valence-electron chi connectivity index (χ4n) is 7.87. The maximum atomic E-state index is 10.5. The molecule has 190 valence electrons. The van der Waals surface area contributed by atoms with Crippen LogP contribution in [0.2, 0.25) is 0 Å². The zero-order chi connectivity index (χ0) is 23.8. The molecule has 4 fully saturated rings. The summed E-state index contributed by atoms with van der Waals surface area (Å²) in [5.74, 6) is 1.96. The first kappa shape index (κ1) is 24.3. The topological polar surface area (TPSA) is 99.4 Å². The van der Waals surface area contributed by atoms with Gasteiger partial charge in [-0.2, -0.15) is 0 Å². The van der Waals surface area contributed by atoms with E-state index in [0.29, 0.717) is 13.2 Å². The molecule has 0 spiro atoms. The monoisotopic (exact) mass is 478 g/mol. The van der Waals surface area contributed by atoms with Crippen molar-refractivity contribution in [1.29, 1.82) is 0 Å². The smallest absolute Gasteiger partial charge is 0.137 e. The molecule has 1 aromatic carbocycles.